The number of carbonyl (C=O) groups excluding carboxylic acids is 2. The number of hydrogen-bond donors (Lipinski definition) is 1. The van der Waals surface area contributed by atoms with E-state index in [1.54, 1.807) is 13.0 Å². The first-order valence-electron chi connectivity index (χ1n) is 8.37. The molecule has 0 bridgehead atoms. The molecule has 0 saturated heterocycles. The van der Waals surface area contributed by atoms with Crippen LogP contribution in [0.2, 0.25) is 0 Å². The molecule has 26 heavy (non-hydrogen) atoms. The average molecular weight is 358 g/mol. The number of esters is 1. The van der Waals surface area contributed by atoms with Crippen molar-refractivity contribution in [1.82, 2.24) is 0 Å². The van der Waals surface area contributed by atoms with Gasteiger partial charge in [0.1, 0.15) is 11.7 Å². The van der Waals surface area contributed by atoms with E-state index in [4.69, 9.17) is 14.9 Å². The Labute approximate surface area is 149 Å². The number of non-ortho nitro benzene ring substituents is 1. The van der Waals surface area contributed by atoms with Gasteiger partial charge in [-0.3, -0.25) is 25.1 Å². The maximum atomic E-state index is 12.6. The summed E-state index contributed by atoms with van der Waals surface area (Å²) in [5.74, 6) is -2.73. The number of carbonyl (C=O) groups is 2. The number of nitrogens with one attached hydrogen (secondary N) is 1. The van der Waals surface area contributed by atoms with E-state index in [2.05, 4.69) is 0 Å². The van der Waals surface area contributed by atoms with Crippen molar-refractivity contribution in [2.75, 3.05) is 6.61 Å². The van der Waals surface area contributed by atoms with E-state index in [0.29, 0.717) is 36.2 Å². The molecule has 1 aliphatic carbocycles. The smallest absolute Gasteiger partial charge is 0.319 e. The first kappa shape index (κ1) is 17.8. The summed E-state index contributed by atoms with van der Waals surface area (Å²) in [5, 5.41) is 19.3. The van der Waals surface area contributed by atoms with Gasteiger partial charge in [-0.1, -0.05) is 12.1 Å². The molecule has 1 aromatic carbocycles. The maximum Gasteiger partial charge on any atom is 0.319 e. The number of rotatable bonds is 4. The highest BCUT2D eigenvalue weighted by atomic mass is 16.6. The molecule has 8 heteroatoms. The van der Waals surface area contributed by atoms with Gasteiger partial charge in [0.05, 0.1) is 11.5 Å². The highest BCUT2D eigenvalue weighted by molar-refractivity contribution is 6.06. The zero-order chi connectivity index (χ0) is 18.8. The Morgan fingerprint density at radius 2 is 2.19 bits per heavy atom. The topological polar surface area (TPSA) is 120 Å². The molecule has 1 heterocycles. The summed E-state index contributed by atoms with van der Waals surface area (Å²) in [6.07, 6.45) is 1.41. The molecular weight excluding hydrogens is 340 g/mol. The molecule has 0 spiro atoms. The van der Waals surface area contributed by atoms with Gasteiger partial charge in [0, 0.05) is 36.5 Å². The fourth-order valence-corrected chi connectivity index (χ4v) is 3.47. The summed E-state index contributed by atoms with van der Waals surface area (Å²) >= 11 is 0. The van der Waals surface area contributed by atoms with Crippen LogP contribution < -0.4 is 0 Å². The van der Waals surface area contributed by atoms with Crippen molar-refractivity contribution in [2.24, 2.45) is 5.92 Å². The van der Waals surface area contributed by atoms with Gasteiger partial charge in [-0.2, -0.15) is 0 Å². The second-order valence-electron chi connectivity index (χ2n) is 6.14. The number of hydrogen-bond acceptors (Lipinski definition) is 7. The van der Waals surface area contributed by atoms with Crippen molar-refractivity contribution in [3.63, 3.8) is 0 Å². The van der Waals surface area contributed by atoms with Crippen molar-refractivity contribution in [1.29, 1.82) is 5.41 Å². The van der Waals surface area contributed by atoms with Gasteiger partial charge in [-0.25, -0.2) is 0 Å². The number of allylic oxidation sites excluding steroid dienone is 2. The largest absolute Gasteiger partial charge is 0.465 e. The minimum Gasteiger partial charge on any atom is -0.465 e. The lowest BCUT2D eigenvalue weighted by Crippen LogP contribution is -2.40. The van der Waals surface area contributed by atoms with Gasteiger partial charge in [0.25, 0.3) is 5.69 Å². The zero-order valence-corrected chi connectivity index (χ0v) is 14.2. The molecule has 0 radical (unpaired) electrons. The van der Waals surface area contributed by atoms with Crippen LogP contribution in [0.25, 0.3) is 0 Å². The van der Waals surface area contributed by atoms with Crippen molar-refractivity contribution in [3.8, 4) is 0 Å². The van der Waals surface area contributed by atoms with E-state index in [0.717, 1.165) is 0 Å². The number of benzene rings is 1. The summed E-state index contributed by atoms with van der Waals surface area (Å²) in [5.41, 5.74) is 0.604. The molecule has 0 amide bonds. The normalized spacial score (nSPS) is 22.5. The summed E-state index contributed by atoms with van der Waals surface area (Å²) < 4.78 is 10.5. The van der Waals surface area contributed by atoms with Crippen LogP contribution in [0.1, 0.15) is 37.7 Å². The van der Waals surface area contributed by atoms with Crippen LogP contribution in [0, 0.1) is 21.4 Å². The minimum atomic E-state index is -1.14. The quantitative estimate of drug-likeness (QED) is 0.502. The Kier molecular flexibility index (Phi) is 4.83. The Hall–Kier alpha value is -3.03. The highest BCUT2D eigenvalue weighted by Crippen LogP contribution is 2.44. The first-order valence-corrected chi connectivity index (χ1v) is 8.37. The van der Waals surface area contributed by atoms with Crippen LogP contribution in [0.4, 0.5) is 5.69 Å². The number of nitro benzene ring substituents is 1. The Morgan fingerprint density at radius 3 is 2.88 bits per heavy atom. The van der Waals surface area contributed by atoms with Crippen LogP contribution in [-0.4, -0.2) is 29.2 Å². The lowest BCUT2D eigenvalue weighted by Gasteiger charge is -2.35. The third-order valence-corrected chi connectivity index (χ3v) is 4.55. The number of nitrogens with zero attached hydrogens (tertiary/aromatic N) is 1. The molecule has 1 N–H and O–H groups in total. The van der Waals surface area contributed by atoms with Gasteiger partial charge in [0.15, 0.2) is 5.78 Å². The van der Waals surface area contributed by atoms with Gasteiger partial charge in [0.2, 0.25) is 5.90 Å². The van der Waals surface area contributed by atoms with Gasteiger partial charge >= 0.3 is 5.97 Å². The molecule has 1 aliphatic heterocycles. The van der Waals surface area contributed by atoms with Crippen LogP contribution in [0.15, 0.2) is 35.6 Å². The van der Waals surface area contributed by atoms with Crippen molar-refractivity contribution >= 4 is 23.3 Å². The fraction of sp³-hybridized carbons (Fsp3) is 0.389. The molecule has 0 aromatic heterocycles. The Balaban J connectivity index is 2.17. The number of ether oxygens (including phenoxy) is 2. The lowest BCUT2D eigenvalue weighted by molar-refractivity contribution is -0.384. The van der Waals surface area contributed by atoms with Crippen molar-refractivity contribution in [2.45, 2.75) is 32.1 Å². The van der Waals surface area contributed by atoms with E-state index in [1.165, 1.54) is 18.2 Å². The van der Waals surface area contributed by atoms with E-state index >= 15 is 0 Å². The number of nitro groups is 1. The fourth-order valence-electron chi connectivity index (χ4n) is 3.47. The van der Waals surface area contributed by atoms with E-state index in [-0.39, 0.29) is 24.0 Å². The van der Waals surface area contributed by atoms with E-state index in [9.17, 15) is 19.7 Å². The molecule has 3 rings (SSSR count). The van der Waals surface area contributed by atoms with E-state index in [1.807, 2.05) is 0 Å². The molecule has 2 unspecified atom stereocenters. The number of ketones is 1. The third-order valence-electron chi connectivity index (χ3n) is 4.55. The van der Waals surface area contributed by atoms with Gasteiger partial charge in [-0.15, -0.1) is 0 Å². The predicted molar refractivity (Wildman–Crippen MR) is 90.7 cm³/mol. The summed E-state index contributed by atoms with van der Waals surface area (Å²) in [7, 11) is 0. The molecule has 8 nitrogen and oxygen atoms in total. The third kappa shape index (κ3) is 3.10. The summed E-state index contributed by atoms with van der Waals surface area (Å²) in [6.45, 7) is 1.76. The molecule has 0 fully saturated rings. The van der Waals surface area contributed by atoms with Crippen LogP contribution in [-0.2, 0) is 19.1 Å². The van der Waals surface area contributed by atoms with E-state index < -0.39 is 22.7 Å². The SMILES string of the molecule is CCOC(=O)C1C(=N)OC2=C(C(=O)CCC2)C1c1cccc([N+](=O)[O-])c1. The molecule has 2 aliphatic rings. The second-order valence-corrected chi connectivity index (χ2v) is 6.14. The molecule has 136 valence electrons. The monoisotopic (exact) mass is 358 g/mol. The van der Waals surface area contributed by atoms with Crippen LogP contribution in [0.3, 0.4) is 0 Å². The second kappa shape index (κ2) is 7.07. The van der Waals surface area contributed by atoms with Gasteiger partial charge in [-0.05, 0) is 18.9 Å². The highest BCUT2D eigenvalue weighted by Gasteiger charge is 2.46. The average Bonchev–Trinajstić information content (AvgIpc) is 2.61. The minimum absolute atomic E-state index is 0.115. The number of Topliss-reactive ketones (excluding diaryl/α,β-unsaturated/α-hetero) is 1. The standard InChI is InChI=1S/C18H18N2O6/c1-2-25-18(22)16-14(10-5-3-6-11(9-10)20(23)24)15-12(21)7-4-8-13(15)26-17(16)19/h3,5-6,9,14,16,19H,2,4,7-8H2,1H3. The Bertz CT molecular complexity index is 829. The van der Waals surface area contributed by atoms with Crippen LogP contribution >= 0.6 is 0 Å². The molecule has 0 saturated carbocycles. The van der Waals surface area contributed by atoms with Crippen LogP contribution in [0.5, 0.6) is 0 Å². The van der Waals surface area contributed by atoms with Gasteiger partial charge < -0.3 is 9.47 Å². The molecular formula is C18H18N2O6. The zero-order valence-electron chi connectivity index (χ0n) is 14.2. The predicted octanol–water partition coefficient (Wildman–Crippen LogP) is 2.87. The molecule has 1 aromatic rings. The molecule has 2 atom stereocenters. The van der Waals surface area contributed by atoms with Crippen molar-refractivity contribution < 1.29 is 24.0 Å². The lowest BCUT2D eigenvalue weighted by atomic mass is 9.73. The summed E-state index contributed by atoms with van der Waals surface area (Å²) in [4.78, 5) is 35.6. The Morgan fingerprint density at radius 1 is 1.42 bits per heavy atom. The first-order chi connectivity index (χ1) is 12.4. The maximum absolute atomic E-state index is 12.6. The van der Waals surface area contributed by atoms with Crippen molar-refractivity contribution in [3.05, 3.63) is 51.3 Å². The summed E-state index contributed by atoms with van der Waals surface area (Å²) in [6, 6.07) is 5.80.